The number of amides is 1. The molecule has 2 aromatic rings. The molecule has 0 radical (unpaired) electrons. The SMILES string of the molecule is Cc1cccc(OCCCCC(=O)Nc2cc(C(C)(C)C)on2)c1. The van der Waals surface area contributed by atoms with Gasteiger partial charge in [0.25, 0.3) is 0 Å². The molecule has 0 saturated heterocycles. The van der Waals surface area contributed by atoms with Gasteiger partial charge in [0.1, 0.15) is 11.5 Å². The molecular formula is C19H26N2O3. The lowest BCUT2D eigenvalue weighted by molar-refractivity contribution is -0.116. The summed E-state index contributed by atoms with van der Waals surface area (Å²) >= 11 is 0. The van der Waals surface area contributed by atoms with Crippen molar-refractivity contribution in [2.24, 2.45) is 0 Å². The number of benzene rings is 1. The Morgan fingerprint density at radius 2 is 2.04 bits per heavy atom. The van der Waals surface area contributed by atoms with Crippen molar-refractivity contribution in [3.05, 3.63) is 41.7 Å². The van der Waals surface area contributed by atoms with E-state index in [0.29, 0.717) is 18.8 Å². The van der Waals surface area contributed by atoms with Gasteiger partial charge in [-0.2, -0.15) is 0 Å². The number of nitrogens with zero attached hydrogens (tertiary/aromatic N) is 1. The van der Waals surface area contributed by atoms with Crippen LogP contribution in [-0.4, -0.2) is 17.7 Å². The molecule has 0 atom stereocenters. The minimum atomic E-state index is -0.122. The number of carbonyl (C=O) groups is 1. The van der Waals surface area contributed by atoms with Gasteiger partial charge < -0.3 is 14.6 Å². The highest BCUT2D eigenvalue weighted by Crippen LogP contribution is 2.24. The Bertz CT molecular complexity index is 671. The zero-order chi connectivity index (χ0) is 17.6. The van der Waals surface area contributed by atoms with E-state index in [1.54, 1.807) is 6.07 Å². The second-order valence-corrected chi connectivity index (χ2v) is 7.00. The van der Waals surface area contributed by atoms with Crippen molar-refractivity contribution >= 4 is 11.7 Å². The van der Waals surface area contributed by atoms with Crippen molar-refractivity contribution in [1.82, 2.24) is 5.16 Å². The summed E-state index contributed by atoms with van der Waals surface area (Å²) in [6.07, 6.45) is 2.03. The van der Waals surface area contributed by atoms with Crippen LogP contribution in [0.2, 0.25) is 0 Å². The molecule has 1 aromatic heterocycles. The number of ether oxygens (including phenoxy) is 1. The number of rotatable bonds is 7. The van der Waals surface area contributed by atoms with Gasteiger partial charge in [-0.05, 0) is 37.5 Å². The third-order valence-electron chi connectivity index (χ3n) is 3.57. The van der Waals surface area contributed by atoms with Crippen molar-refractivity contribution in [3.63, 3.8) is 0 Å². The Morgan fingerprint density at radius 1 is 1.25 bits per heavy atom. The van der Waals surface area contributed by atoms with E-state index in [9.17, 15) is 4.79 Å². The maximum Gasteiger partial charge on any atom is 0.225 e. The first kappa shape index (κ1) is 18.0. The second kappa shape index (κ2) is 7.99. The van der Waals surface area contributed by atoms with Gasteiger partial charge in [-0.1, -0.05) is 38.1 Å². The van der Waals surface area contributed by atoms with E-state index in [0.717, 1.165) is 24.4 Å². The summed E-state index contributed by atoms with van der Waals surface area (Å²) in [6, 6.07) is 9.73. The molecular weight excluding hydrogens is 304 g/mol. The van der Waals surface area contributed by atoms with Crippen LogP contribution in [0, 0.1) is 6.92 Å². The number of anilines is 1. The molecule has 0 bridgehead atoms. The van der Waals surface area contributed by atoms with Crippen LogP contribution in [0.1, 0.15) is 51.4 Å². The second-order valence-electron chi connectivity index (χ2n) is 7.00. The highest BCUT2D eigenvalue weighted by Gasteiger charge is 2.20. The van der Waals surface area contributed by atoms with Crippen LogP contribution in [-0.2, 0) is 10.2 Å². The average Bonchev–Trinajstić information content (AvgIpc) is 2.95. The number of hydrogen-bond donors (Lipinski definition) is 1. The molecule has 130 valence electrons. The van der Waals surface area contributed by atoms with Crippen molar-refractivity contribution in [1.29, 1.82) is 0 Å². The topological polar surface area (TPSA) is 64.4 Å². The molecule has 0 aliphatic rings. The summed E-state index contributed by atoms with van der Waals surface area (Å²) in [7, 11) is 0. The van der Waals surface area contributed by atoms with Crippen LogP contribution in [0.25, 0.3) is 0 Å². The van der Waals surface area contributed by atoms with E-state index in [1.807, 2.05) is 52.0 Å². The maximum absolute atomic E-state index is 11.9. The molecule has 1 N–H and O–H groups in total. The largest absolute Gasteiger partial charge is 0.494 e. The Morgan fingerprint density at radius 3 is 2.71 bits per heavy atom. The molecule has 1 amide bonds. The molecule has 0 aliphatic heterocycles. The third-order valence-corrected chi connectivity index (χ3v) is 3.57. The van der Waals surface area contributed by atoms with E-state index >= 15 is 0 Å². The molecule has 5 nitrogen and oxygen atoms in total. The first-order chi connectivity index (χ1) is 11.3. The van der Waals surface area contributed by atoms with Crippen molar-refractivity contribution in [3.8, 4) is 5.75 Å². The van der Waals surface area contributed by atoms with Crippen LogP contribution in [0.3, 0.4) is 0 Å². The summed E-state index contributed by atoms with van der Waals surface area (Å²) in [5, 5.41) is 6.65. The third kappa shape index (κ3) is 5.72. The van der Waals surface area contributed by atoms with E-state index in [2.05, 4.69) is 10.5 Å². The number of aromatic nitrogens is 1. The fraction of sp³-hybridized carbons (Fsp3) is 0.474. The van der Waals surface area contributed by atoms with Gasteiger partial charge in [-0.25, -0.2) is 0 Å². The number of aryl methyl sites for hydroxylation is 1. The molecule has 1 aromatic carbocycles. The van der Waals surface area contributed by atoms with Crippen molar-refractivity contribution in [2.45, 2.75) is 52.4 Å². The predicted octanol–water partition coefficient (Wildman–Crippen LogP) is 4.47. The molecule has 24 heavy (non-hydrogen) atoms. The van der Waals surface area contributed by atoms with Crippen LogP contribution in [0.15, 0.2) is 34.9 Å². The van der Waals surface area contributed by atoms with Crippen LogP contribution in [0.4, 0.5) is 5.82 Å². The fourth-order valence-electron chi connectivity index (χ4n) is 2.18. The summed E-state index contributed by atoms with van der Waals surface area (Å²) in [5.41, 5.74) is 1.05. The number of nitrogens with one attached hydrogen (secondary N) is 1. The smallest absolute Gasteiger partial charge is 0.225 e. The quantitative estimate of drug-likeness (QED) is 0.761. The number of hydrogen-bond acceptors (Lipinski definition) is 4. The van der Waals surface area contributed by atoms with Crippen molar-refractivity contribution in [2.75, 3.05) is 11.9 Å². The minimum absolute atomic E-state index is 0.0562. The normalized spacial score (nSPS) is 11.3. The first-order valence-corrected chi connectivity index (χ1v) is 8.31. The number of carbonyl (C=O) groups excluding carboxylic acids is 1. The Kier molecular flexibility index (Phi) is 6.01. The van der Waals surface area contributed by atoms with Crippen LogP contribution in [0.5, 0.6) is 5.75 Å². The highest BCUT2D eigenvalue weighted by atomic mass is 16.5. The predicted molar refractivity (Wildman–Crippen MR) is 94.4 cm³/mol. The zero-order valence-electron chi connectivity index (χ0n) is 14.9. The summed E-state index contributed by atoms with van der Waals surface area (Å²) in [4.78, 5) is 11.9. The molecule has 1 heterocycles. The van der Waals surface area contributed by atoms with E-state index < -0.39 is 0 Å². The lowest BCUT2D eigenvalue weighted by atomic mass is 9.93. The van der Waals surface area contributed by atoms with Crippen LogP contribution < -0.4 is 10.1 Å². The van der Waals surface area contributed by atoms with E-state index in [1.165, 1.54) is 5.56 Å². The first-order valence-electron chi connectivity index (χ1n) is 8.31. The lowest BCUT2D eigenvalue weighted by Gasteiger charge is -2.12. The lowest BCUT2D eigenvalue weighted by Crippen LogP contribution is -2.12. The van der Waals surface area contributed by atoms with Gasteiger partial charge in [-0.15, -0.1) is 0 Å². The van der Waals surface area contributed by atoms with Crippen LogP contribution >= 0.6 is 0 Å². The van der Waals surface area contributed by atoms with Gasteiger partial charge in [-0.3, -0.25) is 4.79 Å². The van der Waals surface area contributed by atoms with Gasteiger partial charge in [0, 0.05) is 17.9 Å². The molecule has 0 spiro atoms. The Labute approximate surface area is 143 Å². The molecule has 0 fully saturated rings. The molecule has 0 unspecified atom stereocenters. The van der Waals surface area contributed by atoms with Gasteiger partial charge in [0.15, 0.2) is 5.82 Å². The highest BCUT2D eigenvalue weighted by molar-refractivity contribution is 5.89. The summed E-state index contributed by atoms with van der Waals surface area (Å²) < 4.78 is 10.9. The average molecular weight is 330 g/mol. The Hall–Kier alpha value is -2.30. The van der Waals surface area contributed by atoms with E-state index in [4.69, 9.17) is 9.26 Å². The molecule has 0 aliphatic carbocycles. The molecule has 5 heteroatoms. The summed E-state index contributed by atoms with van der Waals surface area (Å²) in [6.45, 7) is 8.75. The molecule has 0 saturated carbocycles. The Balaban J connectivity index is 1.65. The fourth-order valence-corrected chi connectivity index (χ4v) is 2.18. The monoisotopic (exact) mass is 330 g/mol. The van der Waals surface area contributed by atoms with Crippen molar-refractivity contribution < 1.29 is 14.1 Å². The van der Waals surface area contributed by atoms with E-state index in [-0.39, 0.29) is 11.3 Å². The minimum Gasteiger partial charge on any atom is -0.494 e. The van der Waals surface area contributed by atoms with Gasteiger partial charge in [0.2, 0.25) is 5.91 Å². The molecule has 2 rings (SSSR count). The zero-order valence-corrected chi connectivity index (χ0v) is 14.9. The van der Waals surface area contributed by atoms with Gasteiger partial charge >= 0.3 is 0 Å². The summed E-state index contributed by atoms with van der Waals surface area (Å²) in [5.74, 6) is 2.04. The standard InChI is InChI=1S/C19H26N2O3/c1-14-8-7-9-15(12-14)23-11-6-5-10-18(22)20-17-13-16(24-21-17)19(2,3)4/h7-9,12-13H,5-6,10-11H2,1-4H3,(H,20,21,22). The van der Waals surface area contributed by atoms with Gasteiger partial charge in [0.05, 0.1) is 6.61 Å². The maximum atomic E-state index is 11.9. The number of unbranched alkanes of at least 4 members (excludes halogenated alkanes) is 1.